The molecule has 0 aliphatic rings. The van der Waals surface area contributed by atoms with Crippen LogP contribution in [0.2, 0.25) is 10.0 Å². The van der Waals surface area contributed by atoms with Gasteiger partial charge >= 0.3 is 0 Å². The molecule has 0 atom stereocenters. The van der Waals surface area contributed by atoms with Crippen molar-refractivity contribution >= 4 is 50.5 Å². The number of hydrogen-bond donors (Lipinski definition) is 1. The molecule has 1 aromatic heterocycles. The fraction of sp³-hybridized carbons (Fsp3) is 0.107. The second kappa shape index (κ2) is 11.0. The third kappa shape index (κ3) is 6.10. The third-order valence-corrected chi connectivity index (χ3v) is 7.47. The van der Waals surface area contributed by atoms with E-state index in [4.69, 9.17) is 23.2 Å². The molecule has 0 radical (unpaired) electrons. The lowest BCUT2D eigenvalue weighted by Crippen LogP contribution is -2.18. The van der Waals surface area contributed by atoms with Crippen LogP contribution in [0.25, 0.3) is 11.1 Å². The maximum atomic E-state index is 15.2. The molecule has 38 heavy (non-hydrogen) atoms. The third-order valence-electron chi connectivity index (χ3n) is 5.76. The molecule has 194 valence electrons. The second-order valence-corrected chi connectivity index (χ2v) is 11.5. The topological polar surface area (TPSA) is 93.2 Å². The van der Waals surface area contributed by atoms with Gasteiger partial charge in [-0.15, -0.1) is 0 Å². The van der Waals surface area contributed by atoms with Crippen molar-refractivity contribution in [1.82, 2.24) is 4.98 Å². The van der Waals surface area contributed by atoms with Crippen molar-refractivity contribution in [3.8, 4) is 11.1 Å². The summed E-state index contributed by atoms with van der Waals surface area (Å²) in [5.41, 5.74) is 1.50. The molecule has 1 heterocycles. The van der Waals surface area contributed by atoms with Crippen LogP contribution in [0.1, 0.15) is 31.8 Å². The van der Waals surface area contributed by atoms with Gasteiger partial charge in [-0.2, -0.15) is 0 Å². The SMILES string of the molecule is Cc1cc(Cl)c(CC(=O)c2ccc(-c3ccccc3S(C)(=O)=O)cc2F)c(C(=O)Nc2ccc(Cl)cn2)c1. The van der Waals surface area contributed by atoms with Crippen molar-refractivity contribution in [2.24, 2.45) is 0 Å². The number of Topliss-reactive ketones (excluding diaryl/α,β-unsaturated/α-hetero) is 1. The van der Waals surface area contributed by atoms with Crippen molar-refractivity contribution in [3.05, 3.63) is 111 Å². The number of amides is 1. The van der Waals surface area contributed by atoms with Crippen molar-refractivity contribution < 1.29 is 22.4 Å². The molecule has 0 fully saturated rings. The number of sulfone groups is 1. The largest absolute Gasteiger partial charge is 0.307 e. The van der Waals surface area contributed by atoms with Gasteiger partial charge in [0.05, 0.1) is 15.5 Å². The maximum Gasteiger partial charge on any atom is 0.257 e. The van der Waals surface area contributed by atoms with Gasteiger partial charge in [0.25, 0.3) is 5.91 Å². The van der Waals surface area contributed by atoms with Crippen LogP contribution in [0.4, 0.5) is 10.2 Å². The molecule has 0 aliphatic heterocycles. The molecule has 0 spiro atoms. The van der Waals surface area contributed by atoms with E-state index in [1.165, 1.54) is 30.5 Å². The Labute approximate surface area is 229 Å². The molecule has 1 amide bonds. The molecule has 6 nitrogen and oxygen atoms in total. The van der Waals surface area contributed by atoms with E-state index >= 15 is 4.39 Å². The molecular formula is C28H21Cl2FN2O4S. The van der Waals surface area contributed by atoms with Crippen molar-refractivity contribution in [1.29, 1.82) is 0 Å². The standard InChI is InChI=1S/C28H21Cl2FN2O4S/c1-16-11-22(28(35)33-27-10-8-18(29)15-32-27)21(23(30)12-16)14-25(34)20-9-7-17(13-24(20)31)19-5-3-4-6-26(19)38(2,36)37/h3-13,15H,14H2,1-2H3,(H,32,33,35). The van der Waals surface area contributed by atoms with Gasteiger partial charge in [-0.3, -0.25) is 9.59 Å². The zero-order valence-corrected chi connectivity index (χ0v) is 22.6. The van der Waals surface area contributed by atoms with Gasteiger partial charge in [-0.1, -0.05) is 47.5 Å². The minimum absolute atomic E-state index is 0.0516. The Balaban J connectivity index is 1.65. The molecule has 0 saturated heterocycles. The number of halogens is 3. The number of benzene rings is 3. The van der Waals surface area contributed by atoms with Crippen LogP contribution < -0.4 is 5.32 Å². The lowest BCUT2D eigenvalue weighted by molar-refractivity contribution is 0.0988. The van der Waals surface area contributed by atoms with E-state index in [9.17, 15) is 18.0 Å². The lowest BCUT2D eigenvalue weighted by atomic mass is 9.95. The molecule has 0 bridgehead atoms. The van der Waals surface area contributed by atoms with Crippen molar-refractivity contribution in [2.75, 3.05) is 11.6 Å². The average Bonchev–Trinajstić information content (AvgIpc) is 2.86. The van der Waals surface area contributed by atoms with Crippen molar-refractivity contribution in [3.63, 3.8) is 0 Å². The minimum Gasteiger partial charge on any atom is -0.307 e. The highest BCUT2D eigenvalue weighted by atomic mass is 35.5. The number of carbonyl (C=O) groups is 2. The summed E-state index contributed by atoms with van der Waals surface area (Å²) in [6.45, 7) is 1.75. The first-order chi connectivity index (χ1) is 17.9. The van der Waals surface area contributed by atoms with Crippen LogP contribution in [0, 0.1) is 12.7 Å². The van der Waals surface area contributed by atoms with Gasteiger partial charge in [0, 0.05) is 35.0 Å². The fourth-order valence-electron chi connectivity index (χ4n) is 3.98. The van der Waals surface area contributed by atoms with Crippen LogP contribution in [-0.4, -0.2) is 31.3 Å². The van der Waals surface area contributed by atoms with Crippen LogP contribution in [-0.2, 0) is 16.3 Å². The van der Waals surface area contributed by atoms with Crippen LogP contribution in [0.5, 0.6) is 0 Å². The second-order valence-electron chi connectivity index (χ2n) is 8.65. The Morgan fingerprint density at radius 2 is 1.71 bits per heavy atom. The van der Waals surface area contributed by atoms with Gasteiger partial charge in [-0.25, -0.2) is 17.8 Å². The summed E-state index contributed by atoms with van der Waals surface area (Å²) in [5, 5.41) is 3.24. The average molecular weight is 571 g/mol. The number of nitrogens with one attached hydrogen (secondary N) is 1. The van der Waals surface area contributed by atoms with Crippen LogP contribution in [0.3, 0.4) is 0 Å². The summed E-state index contributed by atoms with van der Waals surface area (Å²) < 4.78 is 39.5. The first kappa shape index (κ1) is 27.4. The molecular weight excluding hydrogens is 550 g/mol. The number of ketones is 1. The Bertz CT molecular complexity index is 1670. The predicted molar refractivity (Wildman–Crippen MR) is 146 cm³/mol. The molecule has 0 aliphatic carbocycles. The first-order valence-corrected chi connectivity index (χ1v) is 13.9. The number of rotatable bonds is 7. The Kier molecular flexibility index (Phi) is 7.97. The van der Waals surface area contributed by atoms with Gasteiger partial charge in [0.2, 0.25) is 0 Å². The molecule has 1 N–H and O–H groups in total. The molecule has 3 aromatic carbocycles. The summed E-state index contributed by atoms with van der Waals surface area (Å²) in [7, 11) is -3.56. The summed E-state index contributed by atoms with van der Waals surface area (Å²) in [6.07, 6.45) is 2.11. The summed E-state index contributed by atoms with van der Waals surface area (Å²) in [5.74, 6) is -1.71. The van der Waals surface area contributed by atoms with Gasteiger partial charge in [0.1, 0.15) is 11.6 Å². The van der Waals surface area contributed by atoms with Crippen molar-refractivity contribution in [2.45, 2.75) is 18.2 Å². The van der Waals surface area contributed by atoms with E-state index in [0.717, 1.165) is 12.3 Å². The minimum atomic E-state index is -3.56. The smallest absolute Gasteiger partial charge is 0.257 e. The fourth-order valence-corrected chi connectivity index (χ4v) is 5.34. The number of nitrogens with zero attached hydrogens (tertiary/aromatic N) is 1. The van der Waals surface area contributed by atoms with E-state index in [2.05, 4.69) is 10.3 Å². The number of pyridine rings is 1. The monoisotopic (exact) mass is 570 g/mol. The summed E-state index contributed by atoms with van der Waals surface area (Å²) in [4.78, 5) is 30.3. The Morgan fingerprint density at radius 3 is 2.37 bits per heavy atom. The number of aromatic nitrogens is 1. The van der Waals surface area contributed by atoms with E-state index < -0.39 is 27.3 Å². The van der Waals surface area contributed by atoms with Gasteiger partial charge < -0.3 is 5.32 Å². The normalized spacial score (nSPS) is 11.3. The zero-order valence-electron chi connectivity index (χ0n) is 20.3. The van der Waals surface area contributed by atoms with E-state index in [1.807, 2.05) is 0 Å². The number of hydrogen-bond acceptors (Lipinski definition) is 5. The lowest BCUT2D eigenvalue weighted by Gasteiger charge is -2.14. The van der Waals surface area contributed by atoms with E-state index in [-0.39, 0.29) is 38.8 Å². The molecule has 4 rings (SSSR count). The number of anilines is 1. The first-order valence-electron chi connectivity index (χ1n) is 11.3. The summed E-state index contributed by atoms with van der Waals surface area (Å²) in [6, 6.07) is 16.4. The summed E-state index contributed by atoms with van der Waals surface area (Å²) >= 11 is 12.3. The van der Waals surface area contributed by atoms with Crippen LogP contribution in [0.15, 0.2) is 77.8 Å². The molecule has 4 aromatic rings. The number of aryl methyl sites for hydroxylation is 1. The Morgan fingerprint density at radius 1 is 0.974 bits per heavy atom. The Hall–Kier alpha value is -3.59. The molecule has 0 unspecified atom stereocenters. The zero-order chi connectivity index (χ0) is 27.6. The van der Waals surface area contributed by atoms with E-state index in [0.29, 0.717) is 21.7 Å². The highest BCUT2D eigenvalue weighted by molar-refractivity contribution is 7.90. The van der Waals surface area contributed by atoms with E-state index in [1.54, 1.807) is 43.3 Å². The number of carbonyl (C=O) groups excluding carboxylic acids is 2. The predicted octanol–water partition coefficient (Wildman–Crippen LogP) is 6.58. The van der Waals surface area contributed by atoms with Gasteiger partial charge in [0.15, 0.2) is 15.6 Å². The van der Waals surface area contributed by atoms with Gasteiger partial charge in [-0.05, 0) is 66.1 Å². The highest BCUT2D eigenvalue weighted by Gasteiger charge is 2.22. The van der Waals surface area contributed by atoms with Crippen LogP contribution >= 0.6 is 23.2 Å². The highest BCUT2D eigenvalue weighted by Crippen LogP contribution is 2.30. The molecule has 0 saturated carbocycles. The maximum absolute atomic E-state index is 15.2. The molecule has 10 heteroatoms. The quantitative estimate of drug-likeness (QED) is 0.253.